The molecule has 1 aromatic carbocycles. The highest BCUT2D eigenvalue weighted by Crippen LogP contribution is 2.28. The zero-order valence-electron chi connectivity index (χ0n) is 10.1. The maximum Gasteiger partial charge on any atom is 0.265 e. The molecule has 1 aromatic heterocycles. The molecular formula is C13H11Br2ClN2O. The summed E-state index contributed by atoms with van der Waals surface area (Å²) in [4.78, 5) is 19.2. The van der Waals surface area contributed by atoms with E-state index < -0.39 is 0 Å². The van der Waals surface area contributed by atoms with E-state index in [1.807, 2.05) is 13.0 Å². The summed E-state index contributed by atoms with van der Waals surface area (Å²) < 4.78 is 1.33. The predicted molar refractivity (Wildman–Crippen MR) is 84.7 cm³/mol. The molecule has 2 aromatic rings. The quantitative estimate of drug-likeness (QED) is 0.812. The largest absolute Gasteiger partial charge is 0.306 e. The van der Waals surface area contributed by atoms with Crippen molar-refractivity contribution < 1.29 is 0 Å². The van der Waals surface area contributed by atoms with Crippen molar-refractivity contribution >= 4 is 43.5 Å². The Bertz CT molecular complexity index is 670. The average Bonchev–Trinajstić information content (AvgIpc) is 2.38. The first kappa shape index (κ1) is 14.8. The molecule has 0 radical (unpaired) electrons. The van der Waals surface area contributed by atoms with Crippen LogP contribution in [0.2, 0.25) is 5.02 Å². The van der Waals surface area contributed by atoms with Crippen LogP contribution in [0, 0.1) is 0 Å². The number of nitrogens with zero attached hydrogens (tertiary/aromatic N) is 1. The van der Waals surface area contributed by atoms with Crippen LogP contribution in [0.4, 0.5) is 0 Å². The summed E-state index contributed by atoms with van der Waals surface area (Å²) >= 11 is 12.7. The summed E-state index contributed by atoms with van der Waals surface area (Å²) in [6, 6.07) is 5.38. The van der Waals surface area contributed by atoms with E-state index in [9.17, 15) is 4.79 Å². The number of halogens is 3. The van der Waals surface area contributed by atoms with Gasteiger partial charge in [0.1, 0.15) is 10.3 Å². The lowest BCUT2D eigenvalue weighted by atomic mass is 10.2. The number of aromatic nitrogens is 2. The molecule has 0 fully saturated rings. The van der Waals surface area contributed by atoms with Gasteiger partial charge in [0, 0.05) is 15.1 Å². The van der Waals surface area contributed by atoms with Crippen molar-refractivity contribution in [3.63, 3.8) is 0 Å². The van der Waals surface area contributed by atoms with Gasteiger partial charge < -0.3 is 4.98 Å². The monoisotopic (exact) mass is 404 g/mol. The molecule has 0 amide bonds. The second-order valence-corrected chi connectivity index (χ2v) is 6.13. The Kier molecular flexibility index (Phi) is 4.81. The van der Waals surface area contributed by atoms with E-state index in [-0.39, 0.29) is 5.56 Å². The van der Waals surface area contributed by atoms with E-state index in [2.05, 4.69) is 41.8 Å². The zero-order valence-corrected chi connectivity index (χ0v) is 14.1. The van der Waals surface area contributed by atoms with E-state index in [0.29, 0.717) is 15.3 Å². The number of hydrogen-bond acceptors (Lipinski definition) is 2. The van der Waals surface area contributed by atoms with Gasteiger partial charge >= 0.3 is 0 Å². The number of H-pyrrole nitrogens is 1. The van der Waals surface area contributed by atoms with Gasteiger partial charge in [-0.15, -0.1) is 0 Å². The zero-order chi connectivity index (χ0) is 14.0. The molecular weight excluding hydrogens is 395 g/mol. The van der Waals surface area contributed by atoms with Crippen molar-refractivity contribution in [2.75, 3.05) is 0 Å². The maximum absolute atomic E-state index is 11.9. The van der Waals surface area contributed by atoms with E-state index >= 15 is 0 Å². The molecule has 0 unspecified atom stereocenters. The molecule has 0 saturated carbocycles. The molecule has 1 heterocycles. The van der Waals surface area contributed by atoms with Gasteiger partial charge in [-0.3, -0.25) is 4.79 Å². The maximum atomic E-state index is 11.9. The van der Waals surface area contributed by atoms with Crippen molar-refractivity contribution in [2.45, 2.75) is 19.8 Å². The van der Waals surface area contributed by atoms with Crippen molar-refractivity contribution in [3.8, 4) is 11.4 Å². The van der Waals surface area contributed by atoms with E-state index in [1.165, 1.54) is 0 Å². The molecule has 0 bridgehead atoms. The van der Waals surface area contributed by atoms with Gasteiger partial charge in [-0.05, 0) is 40.5 Å². The van der Waals surface area contributed by atoms with Gasteiger partial charge in [0.05, 0.1) is 5.69 Å². The van der Waals surface area contributed by atoms with Crippen LogP contribution in [-0.4, -0.2) is 9.97 Å². The van der Waals surface area contributed by atoms with Crippen molar-refractivity contribution in [1.82, 2.24) is 9.97 Å². The molecule has 0 aliphatic carbocycles. The van der Waals surface area contributed by atoms with Crippen LogP contribution in [0.3, 0.4) is 0 Å². The lowest BCUT2D eigenvalue weighted by Gasteiger charge is -2.08. The highest BCUT2D eigenvalue weighted by atomic mass is 79.9. The fourth-order valence-corrected chi connectivity index (χ4v) is 2.71. The lowest BCUT2D eigenvalue weighted by Crippen LogP contribution is -2.13. The molecule has 19 heavy (non-hydrogen) atoms. The molecule has 0 aliphatic rings. The number of hydrogen-bond donors (Lipinski definition) is 1. The minimum absolute atomic E-state index is 0.180. The average molecular weight is 407 g/mol. The SMILES string of the molecule is CCCc1nc(-c2cc(Cl)ccc2Br)[nH]c(=O)c1Br. The Morgan fingerprint density at radius 1 is 1.37 bits per heavy atom. The first-order chi connectivity index (χ1) is 9.02. The second kappa shape index (κ2) is 6.20. The number of nitrogens with one attached hydrogen (secondary N) is 1. The lowest BCUT2D eigenvalue weighted by molar-refractivity contribution is 0.861. The first-order valence-electron chi connectivity index (χ1n) is 5.77. The Hall–Kier alpha value is -0.650. The van der Waals surface area contributed by atoms with Gasteiger partial charge in [-0.2, -0.15) is 0 Å². The first-order valence-corrected chi connectivity index (χ1v) is 7.73. The van der Waals surface area contributed by atoms with Crippen LogP contribution in [-0.2, 0) is 6.42 Å². The molecule has 6 heteroatoms. The van der Waals surface area contributed by atoms with Crippen molar-refractivity contribution in [1.29, 1.82) is 0 Å². The van der Waals surface area contributed by atoms with Crippen molar-refractivity contribution in [2.24, 2.45) is 0 Å². The molecule has 2 rings (SSSR count). The normalized spacial score (nSPS) is 10.7. The van der Waals surface area contributed by atoms with Gasteiger partial charge in [-0.25, -0.2) is 4.98 Å². The number of rotatable bonds is 3. The molecule has 1 N–H and O–H groups in total. The number of aryl methyl sites for hydroxylation is 1. The van der Waals surface area contributed by atoms with Gasteiger partial charge in [0.2, 0.25) is 0 Å². The van der Waals surface area contributed by atoms with E-state index in [1.54, 1.807) is 12.1 Å². The summed E-state index contributed by atoms with van der Waals surface area (Å²) in [5, 5.41) is 0.598. The van der Waals surface area contributed by atoms with E-state index in [4.69, 9.17) is 11.6 Å². The molecule has 100 valence electrons. The third-order valence-corrected chi connectivity index (χ3v) is 4.35. The van der Waals surface area contributed by atoms with Crippen LogP contribution < -0.4 is 5.56 Å². The summed E-state index contributed by atoms with van der Waals surface area (Å²) in [5.74, 6) is 0.519. The van der Waals surface area contributed by atoms with Crippen LogP contribution in [0.25, 0.3) is 11.4 Å². The minimum Gasteiger partial charge on any atom is -0.306 e. The van der Waals surface area contributed by atoms with E-state index in [0.717, 1.165) is 28.6 Å². The summed E-state index contributed by atoms with van der Waals surface area (Å²) in [6.45, 7) is 2.05. The highest BCUT2D eigenvalue weighted by Gasteiger charge is 2.12. The third kappa shape index (κ3) is 3.27. The van der Waals surface area contributed by atoms with Crippen molar-refractivity contribution in [3.05, 3.63) is 48.2 Å². The Balaban J connectivity index is 2.62. The van der Waals surface area contributed by atoms with Crippen LogP contribution in [0.5, 0.6) is 0 Å². The Morgan fingerprint density at radius 3 is 2.79 bits per heavy atom. The van der Waals surface area contributed by atoms with Gasteiger partial charge in [0.15, 0.2) is 0 Å². The third-order valence-electron chi connectivity index (χ3n) is 2.60. The minimum atomic E-state index is -0.180. The highest BCUT2D eigenvalue weighted by molar-refractivity contribution is 9.10. The fourth-order valence-electron chi connectivity index (χ4n) is 1.71. The smallest absolute Gasteiger partial charge is 0.265 e. The molecule has 3 nitrogen and oxygen atoms in total. The summed E-state index contributed by atoms with van der Waals surface area (Å²) in [5.41, 5.74) is 1.35. The van der Waals surface area contributed by atoms with Gasteiger partial charge in [0.25, 0.3) is 5.56 Å². The van der Waals surface area contributed by atoms with Crippen LogP contribution in [0.15, 0.2) is 31.9 Å². The topological polar surface area (TPSA) is 45.8 Å². The van der Waals surface area contributed by atoms with Gasteiger partial charge in [-0.1, -0.05) is 40.9 Å². The fraction of sp³-hybridized carbons (Fsp3) is 0.231. The molecule has 0 spiro atoms. The molecule has 0 aliphatic heterocycles. The number of aromatic amines is 1. The number of benzene rings is 1. The predicted octanol–water partition coefficient (Wildman–Crippen LogP) is 4.57. The summed E-state index contributed by atoms with van der Waals surface area (Å²) in [7, 11) is 0. The van der Waals surface area contributed by atoms with Crippen LogP contribution in [0.1, 0.15) is 19.0 Å². The molecule has 0 atom stereocenters. The summed E-state index contributed by atoms with van der Waals surface area (Å²) in [6.07, 6.45) is 1.67. The second-order valence-electron chi connectivity index (χ2n) is 4.05. The molecule has 0 saturated heterocycles. The van der Waals surface area contributed by atoms with Crippen LogP contribution >= 0.6 is 43.5 Å². The standard InChI is InChI=1S/C13H11Br2ClN2O/c1-2-3-10-11(15)13(19)18-12(17-10)8-6-7(16)4-5-9(8)14/h4-6H,2-3H2,1H3,(H,17,18,19). The Labute approximate surface area is 132 Å². The Morgan fingerprint density at radius 2 is 2.11 bits per heavy atom.